The summed E-state index contributed by atoms with van der Waals surface area (Å²) in [6.07, 6.45) is 7.94. The standard InChI is InChI=1S/C17H23NOS/c1-15(19)20-12-5-2-7-16-8-6-9-17(13-16)14-18-10-3-4-11-18/h2,6-9,13H,3-5,10-12,14H2,1H3. The maximum atomic E-state index is 10.8. The summed E-state index contributed by atoms with van der Waals surface area (Å²) in [6, 6.07) is 8.76. The van der Waals surface area contributed by atoms with E-state index in [4.69, 9.17) is 0 Å². The van der Waals surface area contributed by atoms with Gasteiger partial charge in [-0.1, -0.05) is 48.2 Å². The van der Waals surface area contributed by atoms with Crippen molar-refractivity contribution in [3.05, 3.63) is 41.5 Å². The van der Waals surface area contributed by atoms with Gasteiger partial charge in [-0.2, -0.15) is 0 Å². The van der Waals surface area contributed by atoms with Crippen LogP contribution in [0.4, 0.5) is 0 Å². The highest BCUT2D eigenvalue weighted by Crippen LogP contribution is 2.15. The molecule has 3 heteroatoms. The molecule has 2 rings (SSSR count). The normalized spacial score (nSPS) is 16.1. The second-order valence-corrected chi connectivity index (χ2v) is 6.53. The molecule has 0 atom stereocenters. The Morgan fingerprint density at radius 2 is 2.15 bits per heavy atom. The molecule has 0 unspecified atom stereocenters. The first-order chi connectivity index (χ1) is 9.74. The second kappa shape index (κ2) is 8.28. The Kier molecular flexibility index (Phi) is 6.34. The van der Waals surface area contributed by atoms with Gasteiger partial charge in [-0.05, 0) is 43.5 Å². The van der Waals surface area contributed by atoms with Crippen molar-refractivity contribution in [1.29, 1.82) is 0 Å². The summed E-state index contributed by atoms with van der Waals surface area (Å²) < 4.78 is 0. The maximum absolute atomic E-state index is 10.8. The Bertz CT molecular complexity index is 464. The third-order valence-electron chi connectivity index (χ3n) is 3.46. The number of likely N-dealkylation sites (tertiary alicyclic amines) is 1. The van der Waals surface area contributed by atoms with Gasteiger partial charge in [0, 0.05) is 19.2 Å². The highest BCUT2D eigenvalue weighted by Gasteiger charge is 2.11. The fourth-order valence-corrected chi connectivity index (χ4v) is 3.03. The molecule has 0 saturated carbocycles. The van der Waals surface area contributed by atoms with Crippen LogP contribution in [0.25, 0.3) is 6.08 Å². The lowest BCUT2D eigenvalue weighted by Gasteiger charge is -2.14. The van der Waals surface area contributed by atoms with E-state index in [2.05, 4.69) is 41.3 Å². The SMILES string of the molecule is CC(=O)SCCC=Cc1cccc(CN2CCCC2)c1. The molecular weight excluding hydrogens is 266 g/mol. The number of allylic oxidation sites excluding steroid dienone is 1. The number of hydrogen-bond acceptors (Lipinski definition) is 3. The maximum Gasteiger partial charge on any atom is 0.185 e. The van der Waals surface area contributed by atoms with Crippen LogP contribution < -0.4 is 0 Å². The minimum Gasteiger partial charge on any atom is -0.299 e. The van der Waals surface area contributed by atoms with Gasteiger partial charge >= 0.3 is 0 Å². The summed E-state index contributed by atoms with van der Waals surface area (Å²) in [7, 11) is 0. The Labute approximate surface area is 126 Å². The lowest BCUT2D eigenvalue weighted by atomic mass is 10.1. The van der Waals surface area contributed by atoms with Crippen molar-refractivity contribution in [2.24, 2.45) is 0 Å². The Balaban J connectivity index is 1.82. The summed E-state index contributed by atoms with van der Waals surface area (Å²) in [5, 5.41) is 0.200. The van der Waals surface area contributed by atoms with E-state index in [1.165, 1.54) is 48.8 Å². The molecule has 0 amide bonds. The smallest absolute Gasteiger partial charge is 0.185 e. The van der Waals surface area contributed by atoms with Gasteiger partial charge in [-0.25, -0.2) is 0 Å². The monoisotopic (exact) mass is 289 g/mol. The van der Waals surface area contributed by atoms with E-state index in [1.807, 2.05) is 0 Å². The minimum absolute atomic E-state index is 0.200. The molecule has 1 aromatic rings. The highest BCUT2D eigenvalue weighted by atomic mass is 32.2. The number of carbonyl (C=O) groups is 1. The van der Waals surface area contributed by atoms with E-state index in [0.717, 1.165) is 18.7 Å². The number of nitrogens with zero attached hydrogens (tertiary/aromatic N) is 1. The third-order valence-corrected chi connectivity index (χ3v) is 4.30. The lowest BCUT2D eigenvalue weighted by Crippen LogP contribution is -2.18. The van der Waals surface area contributed by atoms with Gasteiger partial charge in [0.1, 0.15) is 0 Å². The van der Waals surface area contributed by atoms with Crippen molar-refractivity contribution >= 4 is 23.0 Å². The fraction of sp³-hybridized carbons (Fsp3) is 0.471. The number of hydrogen-bond donors (Lipinski definition) is 0. The van der Waals surface area contributed by atoms with Crippen molar-refractivity contribution in [2.45, 2.75) is 32.7 Å². The van der Waals surface area contributed by atoms with Crippen LogP contribution in [0.3, 0.4) is 0 Å². The van der Waals surface area contributed by atoms with E-state index < -0.39 is 0 Å². The van der Waals surface area contributed by atoms with Gasteiger partial charge in [0.15, 0.2) is 5.12 Å². The topological polar surface area (TPSA) is 20.3 Å². The van der Waals surface area contributed by atoms with Crippen molar-refractivity contribution in [1.82, 2.24) is 4.90 Å². The molecule has 0 radical (unpaired) electrons. The van der Waals surface area contributed by atoms with Gasteiger partial charge < -0.3 is 0 Å². The summed E-state index contributed by atoms with van der Waals surface area (Å²) in [5.41, 5.74) is 2.65. The quantitative estimate of drug-likeness (QED) is 0.739. The number of rotatable bonds is 6. The summed E-state index contributed by atoms with van der Waals surface area (Å²) in [6.45, 7) is 5.17. The molecule has 1 aliphatic rings. The molecule has 1 aliphatic heterocycles. The van der Waals surface area contributed by atoms with E-state index >= 15 is 0 Å². The molecule has 1 heterocycles. The van der Waals surface area contributed by atoms with E-state index in [9.17, 15) is 4.79 Å². The Hall–Kier alpha value is -1.06. The van der Waals surface area contributed by atoms with Crippen LogP contribution in [0.15, 0.2) is 30.3 Å². The van der Waals surface area contributed by atoms with Crippen LogP contribution in [0.1, 0.15) is 37.3 Å². The first kappa shape index (κ1) is 15.3. The lowest BCUT2D eigenvalue weighted by molar-refractivity contribution is -0.109. The van der Waals surface area contributed by atoms with E-state index in [1.54, 1.807) is 6.92 Å². The van der Waals surface area contributed by atoms with Gasteiger partial charge in [0.05, 0.1) is 0 Å². The predicted octanol–water partition coefficient (Wildman–Crippen LogP) is 3.97. The van der Waals surface area contributed by atoms with Gasteiger partial charge in [-0.3, -0.25) is 9.69 Å². The number of benzene rings is 1. The molecule has 1 saturated heterocycles. The zero-order chi connectivity index (χ0) is 14.2. The van der Waals surface area contributed by atoms with Crippen molar-refractivity contribution in [2.75, 3.05) is 18.8 Å². The molecule has 0 aliphatic carbocycles. The number of carbonyl (C=O) groups excluding carboxylic acids is 1. The predicted molar refractivity (Wildman–Crippen MR) is 87.7 cm³/mol. The summed E-state index contributed by atoms with van der Waals surface area (Å²) in [5.74, 6) is 0.874. The summed E-state index contributed by atoms with van der Waals surface area (Å²) >= 11 is 1.39. The average Bonchev–Trinajstić information content (AvgIpc) is 2.91. The fourth-order valence-electron chi connectivity index (χ4n) is 2.48. The van der Waals surface area contributed by atoms with Crippen molar-refractivity contribution < 1.29 is 4.79 Å². The van der Waals surface area contributed by atoms with Crippen LogP contribution >= 0.6 is 11.8 Å². The van der Waals surface area contributed by atoms with Gasteiger partial charge in [-0.15, -0.1) is 0 Å². The molecule has 0 N–H and O–H groups in total. The molecule has 0 bridgehead atoms. The van der Waals surface area contributed by atoms with Crippen LogP contribution in [0, 0.1) is 0 Å². The van der Waals surface area contributed by atoms with E-state index in [-0.39, 0.29) is 5.12 Å². The zero-order valence-corrected chi connectivity index (χ0v) is 13.0. The molecular formula is C17H23NOS. The third kappa shape index (κ3) is 5.51. The highest BCUT2D eigenvalue weighted by molar-refractivity contribution is 8.13. The molecule has 20 heavy (non-hydrogen) atoms. The minimum atomic E-state index is 0.200. The molecule has 0 spiro atoms. The second-order valence-electron chi connectivity index (χ2n) is 5.26. The zero-order valence-electron chi connectivity index (χ0n) is 12.2. The van der Waals surface area contributed by atoms with Crippen molar-refractivity contribution in [3.8, 4) is 0 Å². The number of thioether (sulfide) groups is 1. The first-order valence-electron chi connectivity index (χ1n) is 7.35. The van der Waals surface area contributed by atoms with Crippen LogP contribution in [-0.2, 0) is 11.3 Å². The summed E-state index contributed by atoms with van der Waals surface area (Å²) in [4.78, 5) is 13.3. The van der Waals surface area contributed by atoms with E-state index in [0.29, 0.717) is 0 Å². The molecule has 1 aromatic carbocycles. The molecule has 2 nitrogen and oxygen atoms in total. The first-order valence-corrected chi connectivity index (χ1v) is 8.34. The van der Waals surface area contributed by atoms with Crippen LogP contribution in [0.2, 0.25) is 0 Å². The van der Waals surface area contributed by atoms with Crippen LogP contribution in [0.5, 0.6) is 0 Å². The molecule has 0 aromatic heterocycles. The largest absolute Gasteiger partial charge is 0.299 e. The van der Waals surface area contributed by atoms with Crippen molar-refractivity contribution in [3.63, 3.8) is 0 Å². The Morgan fingerprint density at radius 1 is 1.35 bits per heavy atom. The Morgan fingerprint density at radius 3 is 2.90 bits per heavy atom. The average molecular weight is 289 g/mol. The van der Waals surface area contributed by atoms with Gasteiger partial charge in [0.2, 0.25) is 0 Å². The van der Waals surface area contributed by atoms with Crippen LogP contribution in [-0.4, -0.2) is 28.9 Å². The molecule has 1 fully saturated rings. The van der Waals surface area contributed by atoms with Gasteiger partial charge in [0.25, 0.3) is 0 Å². The molecule has 108 valence electrons.